The van der Waals surface area contributed by atoms with Crippen molar-refractivity contribution in [3.63, 3.8) is 0 Å². The van der Waals surface area contributed by atoms with E-state index in [0.29, 0.717) is 41.7 Å². The van der Waals surface area contributed by atoms with Crippen molar-refractivity contribution in [2.24, 2.45) is 0 Å². The summed E-state index contributed by atoms with van der Waals surface area (Å²) in [5, 5.41) is 8.03. The number of benzene rings is 2. The molecule has 0 spiro atoms. The third kappa shape index (κ3) is 8.66. The number of piperidine rings is 3. The van der Waals surface area contributed by atoms with Crippen LogP contribution < -0.4 is 31.1 Å². The van der Waals surface area contributed by atoms with Crippen LogP contribution in [0.2, 0.25) is 5.02 Å². The first kappa shape index (κ1) is 44.2. The van der Waals surface area contributed by atoms with E-state index in [1.807, 2.05) is 12.1 Å². The van der Waals surface area contributed by atoms with Crippen LogP contribution in [-0.4, -0.2) is 118 Å². The summed E-state index contributed by atoms with van der Waals surface area (Å²) in [7, 11) is 1.45. The average Bonchev–Trinajstić information content (AvgIpc) is 3.53. The number of nitrogens with zero attached hydrogens (tertiary/aromatic N) is 6. The second kappa shape index (κ2) is 18.1. The van der Waals surface area contributed by atoms with Gasteiger partial charge in [-0.2, -0.15) is 4.98 Å². The number of ether oxygens (including phenoxy) is 2. The Hall–Kier alpha value is -5.98. The van der Waals surface area contributed by atoms with Crippen molar-refractivity contribution in [1.82, 2.24) is 35.0 Å². The summed E-state index contributed by atoms with van der Waals surface area (Å²) in [6.45, 7) is 6.41. The van der Waals surface area contributed by atoms with Gasteiger partial charge in [0.2, 0.25) is 17.8 Å². The third-order valence-electron chi connectivity index (χ3n) is 13.4. The average molecular weight is 912 g/mol. The Morgan fingerprint density at radius 1 is 0.938 bits per heavy atom. The zero-order valence-corrected chi connectivity index (χ0v) is 37.2. The largest absolute Gasteiger partial charge is 0.478 e. The maximum Gasteiger partial charge on any atom is 0.293 e. The smallest absolute Gasteiger partial charge is 0.293 e. The maximum absolute atomic E-state index is 16.2. The van der Waals surface area contributed by atoms with Gasteiger partial charge in [-0.25, -0.2) is 9.37 Å². The number of nitrogens with one attached hydrogen (secondary N) is 3. The second-order valence-corrected chi connectivity index (χ2v) is 18.1. The summed E-state index contributed by atoms with van der Waals surface area (Å²) in [6.07, 6.45) is 7.38. The van der Waals surface area contributed by atoms with E-state index < -0.39 is 53.6 Å². The van der Waals surface area contributed by atoms with Gasteiger partial charge in [-0.1, -0.05) is 17.7 Å². The quantitative estimate of drug-likeness (QED) is 0.164. The van der Waals surface area contributed by atoms with Gasteiger partial charge in [0.1, 0.15) is 11.1 Å². The van der Waals surface area contributed by atoms with Crippen molar-refractivity contribution < 1.29 is 37.8 Å². The fourth-order valence-corrected chi connectivity index (χ4v) is 9.89. The van der Waals surface area contributed by atoms with Gasteiger partial charge in [0.05, 0.1) is 40.7 Å². The predicted molar refractivity (Wildman–Crippen MR) is 238 cm³/mol. The minimum absolute atomic E-state index is 0.0835. The standard InChI is InChI=1S/C46H51ClFN9O8/c1-24(2)56-35-7-6-34(40(48)32(35)21-37(45(56)63)64-23-39(59)49-3)51-41-33(47)22-50-46(53-41)55-16-12-28(13-17-55)65-29-19-27(20-29)54-14-10-25(11-15-54)26-4-5-30-31(18-26)44(62)57(43(30)61)36-8-9-38(58)52-42(36)60/h4-7,18,21-22,24-25,27-29,36H,8-17,19-20,23H2,1-3H3,(H,49,59)(H,50,51,53)(H,52,58,60)/t27?,29?,36-/m1/s1. The van der Waals surface area contributed by atoms with Crippen LogP contribution in [0.25, 0.3) is 10.9 Å². The Morgan fingerprint density at radius 3 is 2.38 bits per heavy atom. The molecule has 2 aromatic heterocycles. The predicted octanol–water partition coefficient (Wildman–Crippen LogP) is 4.83. The number of imide groups is 2. The molecular weight excluding hydrogens is 861 g/mol. The molecule has 342 valence electrons. The number of aromatic nitrogens is 3. The summed E-state index contributed by atoms with van der Waals surface area (Å²) in [6, 6.07) is 9.09. The first-order valence-electron chi connectivity index (χ1n) is 22.3. The molecule has 1 saturated carbocycles. The maximum atomic E-state index is 16.2. The van der Waals surface area contributed by atoms with Crippen LogP contribution in [0.15, 0.2) is 47.4 Å². The normalized spacial score (nSPS) is 22.0. The SMILES string of the molecule is CNC(=O)COc1cc2c(F)c(Nc3nc(N4CCC(OC5CC(N6CCC(c7ccc8c(c7)C(=O)N([C@@H]7CCC(=O)NC7=O)C8=O)CC6)C5)CC4)ncc3Cl)ccc2n(C(C)C)c1=O. The first-order valence-corrected chi connectivity index (χ1v) is 22.7. The summed E-state index contributed by atoms with van der Waals surface area (Å²) in [4.78, 5) is 90.5. The van der Waals surface area contributed by atoms with Gasteiger partial charge in [0.15, 0.2) is 24.0 Å². The van der Waals surface area contributed by atoms with Gasteiger partial charge in [0, 0.05) is 44.0 Å². The lowest BCUT2D eigenvalue weighted by Gasteiger charge is -2.47. The topological polar surface area (TPSA) is 197 Å². The van der Waals surface area contributed by atoms with E-state index in [1.165, 1.54) is 29.9 Å². The molecule has 5 amide bonds. The van der Waals surface area contributed by atoms with Crippen molar-refractivity contribution in [2.75, 3.05) is 50.1 Å². The molecule has 3 N–H and O–H groups in total. The first-order chi connectivity index (χ1) is 31.3. The lowest BCUT2D eigenvalue weighted by atomic mass is 9.83. The second-order valence-electron chi connectivity index (χ2n) is 17.7. The van der Waals surface area contributed by atoms with Crippen LogP contribution in [-0.2, 0) is 19.1 Å². The highest BCUT2D eigenvalue weighted by Gasteiger charge is 2.45. The molecule has 4 aromatic rings. The number of carbonyl (C=O) groups is 5. The lowest BCUT2D eigenvalue weighted by Crippen LogP contribution is -2.54. The Labute approximate surface area is 379 Å². The molecule has 0 bridgehead atoms. The number of carbonyl (C=O) groups excluding carboxylic acids is 5. The molecule has 3 saturated heterocycles. The van der Waals surface area contributed by atoms with Gasteiger partial charge >= 0.3 is 0 Å². The van der Waals surface area contributed by atoms with Crippen molar-refractivity contribution in [2.45, 2.75) is 101 Å². The highest BCUT2D eigenvalue weighted by atomic mass is 35.5. The van der Waals surface area contributed by atoms with Crippen LogP contribution in [0.1, 0.15) is 103 Å². The van der Waals surface area contributed by atoms with Gasteiger partial charge in [-0.05, 0) is 114 Å². The molecule has 5 aliphatic rings. The van der Waals surface area contributed by atoms with E-state index in [1.54, 1.807) is 26.0 Å². The Balaban J connectivity index is 0.755. The number of likely N-dealkylation sites (N-methyl/N-ethyl adjacent to an activating group) is 1. The fourth-order valence-electron chi connectivity index (χ4n) is 9.76. The summed E-state index contributed by atoms with van der Waals surface area (Å²) >= 11 is 6.52. The molecule has 19 heteroatoms. The molecule has 4 aliphatic heterocycles. The van der Waals surface area contributed by atoms with Crippen LogP contribution in [0.5, 0.6) is 5.75 Å². The van der Waals surface area contributed by atoms with E-state index >= 15 is 4.39 Å². The number of hydrogen-bond acceptors (Lipinski definition) is 13. The number of amides is 5. The molecule has 6 heterocycles. The summed E-state index contributed by atoms with van der Waals surface area (Å²) < 4.78 is 29.7. The van der Waals surface area contributed by atoms with E-state index in [-0.39, 0.29) is 64.7 Å². The van der Waals surface area contributed by atoms with Crippen molar-refractivity contribution in [1.29, 1.82) is 0 Å². The van der Waals surface area contributed by atoms with Crippen molar-refractivity contribution in [3.05, 3.63) is 80.5 Å². The number of pyridine rings is 1. The molecule has 0 radical (unpaired) electrons. The Morgan fingerprint density at radius 2 is 1.68 bits per heavy atom. The van der Waals surface area contributed by atoms with Crippen LogP contribution in [0.4, 0.5) is 21.8 Å². The molecule has 2 aromatic carbocycles. The van der Waals surface area contributed by atoms with Crippen LogP contribution in [0.3, 0.4) is 0 Å². The number of hydrogen-bond donors (Lipinski definition) is 3. The number of halogens is 2. The molecule has 0 unspecified atom stereocenters. The van der Waals surface area contributed by atoms with Crippen molar-refractivity contribution in [3.8, 4) is 5.75 Å². The monoisotopic (exact) mass is 911 g/mol. The van der Waals surface area contributed by atoms with Gasteiger partial charge < -0.3 is 34.5 Å². The Bertz CT molecular complexity index is 2640. The van der Waals surface area contributed by atoms with Crippen LogP contribution >= 0.6 is 11.6 Å². The van der Waals surface area contributed by atoms with Crippen LogP contribution in [0, 0.1) is 5.82 Å². The number of rotatable bonds is 12. The lowest BCUT2D eigenvalue weighted by molar-refractivity contribution is -0.136. The number of fused-ring (bicyclic) bond motifs is 2. The van der Waals surface area contributed by atoms with E-state index in [0.717, 1.165) is 62.1 Å². The molecule has 1 aliphatic carbocycles. The molecule has 4 fully saturated rings. The third-order valence-corrected chi connectivity index (χ3v) is 13.7. The zero-order chi connectivity index (χ0) is 45.7. The molecular formula is C46H51ClFN9O8. The Kier molecular flexibility index (Phi) is 12.3. The van der Waals surface area contributed by atoms with E-state index in [4.69, 9.17) is 21.1 Å². The molecule has 1 atom stereocenters. The van der Waals surface area contributed by atoms with Gasteiger partial charge in [0.25, 0.3) is 23.3 Å². The van der Waals surface area contributed by atoms with Crippen molar-refractivity contribution >= 4 is 69.5 Å². The molecule has 65 heavy (non-hydrogen) atoms. The van der Waals surface area contributed by atoms with E-state index in [9.17, 15) is 28.8 Å². The number of likely N-dealkylation sites (tertiary alicyclic amines) is 1. The van der Waals surface area contributed by atoms with Gasteiger partial charge in [-0.3, -0.25) is 39.0 Å². The van der Waals surface area contributed by atoms with Gasteiger partial charge in [-0.15, -0.1) is 0 Å². The highest BCUT2D eigenvalue weighted by Crippen LogP contribution is 2.38. The number of anilines is 3. The summed E-state index contributed by atoms with van der Waals surface area (Å²) in [5.74, 6) is -2.27. The molecule has 9 rings (SSSR count). The zero-order valence-electron chi connectivity index (χ0n) is 36.4. The highest BCUT2D eigenvalue weighted by molar-refractivity contribution is 6.33. The molecule has 17 nitrogen and oxygen atoms in total. The summed E-state index contributed by atoms with van der Waals surface area (Å²) in [5.41, 5.74) is 1.63. The minimum atomic E-state index is -0.980. The van der Waals surface area contributed by atoms with E-state index in [2.05, 4.69) is 35.7 Å². The minimum Gasteiger partial charge on any atom is -0.478 e. The fraction of sp³-hybridized carbons (Fsp3) is 0.478.